The van der Waals surface area contributed by atoms with E-state index in [0.29, 0.717) is 0 Å². The Morgan fingerprint density at radius 1 is 1.25 bits per heavy atom. The van der Waals surface area contributed by atoms with Gasteiger partial charge in [0.2, 0.25) is 0 Å². The van der Waals surface area contributed by atoms with E-state index in [1.54, 1.807) is 0 Å². The van der Waals surface area contributed by atoms with Gasteiger partial charge in [-0.3, -0.25) is 0 Å². The Balaban J connectivity index is 2.68. The maximum Gasteiger partial charge on any atom is 0.354 e. The number of aromatic nitrogens is 1. The molecule has 0 aliphatic carbocycles. The van der Waals surface area contributed by atoms with Crippen molar-refractivity contribution in [3.8, 4) is 5.75 Å². The number of carboxylic acids is 2. The standard InChI is InChI=1S/C12H7Cl2NO5/c13-5-1-2-6-10(11(5)14)8(20-4-9(16)17)3-7(15-6)12(18)19/h1-3H,4H2,(H,16,17)(H,18,19). The SMILES string of the molecule is O=C(O)COc1cc(C(=O)O)nc2ccc(Cl)c(Cl)c12. The Labute approximate surface area is 122 Å². The number of pyridine rings is 1. The van der Waals surface area contributed by atoms with Crippen molar-refractivity contribution in [2.75, 3.05) is 6.61 Å². The molecule has 0 saturated carbocycles. The molecule has 0 atom stereocenters. The predicted octanol–water partition coefficient (Wildman–Crippen LogP) is 2.70. The van der Waals surface area contributed by atoms with E-state index in [0.717, 1.165) is 6.07 Å². The normalized spacial score (nSPS) is 10.5. The van der Waals surface area contributed by atoms with Crippen LogP contribution in [0, 0.1) is 0 Å². The van der Waals surface area contributed by atoms with Gasteiger partial charge in [0.15, 0.2) is 12.3 Å². The summed E-state index contributed by atoms with van der Waals surface area (Å²) in [7, 11) is 0. The lowest BCUT2D eigenvalue weighted by Crippen LogP contribution is -2.11. The van der Waals surface area contributed by atoms with E-state index in [-0.39, 0.29) is 32.4 Å². The fourth-order valence-electron chi connectivity index (χ4n) is 1.59. The van der Waals surface area contributed by atoms with Crippen molar-refractivity contribution < 1.29 is 24.5 Å². The first-order chi connectivity index (χ1) is 9.40. The highest BCUT2D eigenvalue weighted by atomic mass is 35.5. The molecule has 0 saturated heterocycles. The number of hydrogen-bond acceptors (Lipinski definition) is 4. The third-order valence-corrected chi connectivity index (χ3v) is 3.20. The monoisotopic (exact) mass is 315 g/mol. The number of carboxylic acid groups (broad SMARTS) is 2. The number of benzene rings is 1. The molecule has 0 aliphatic heterocycles. The minimum absolute atomic E-state index is 0.00213. The second-order valence-electron chi connectivity index (χ2n) is 3.75. The minimum atomic E-state index is -1.27. The van der Waals surface area contributed by atoms with Crippen molar-refractivity contribution in [3.63, 3.8) is 0 Å². The number of hydrogen-bond donors (Lipinski definition) is 2. The van der Waals surface area contributed by atoms with Crippen molar-refractivity contribution in [1.29, 1.82) is 0 Å². The van der Waals surface area contributed by atoms with Crippen molar-refractivity contribution in [2.45, 2.75) is 0 Å². The number of aliphatic carboxylic acids is 1. The average molecular weight is 316 g/mol. The van der Waals surface area contributed by atoms with Crippen molar-refractivity contribution in [1.82, 2.24) is 4.98 Å². The summed E-state index contributed by atoms with van der Waals surface area (Å²) in [5.41, 5.74) is -0.0315. The van der Waals surface area contributed by atoms with Crippen LogP contribution in [0.2, 0.25) is 10.0 Å². The number of nitrogens with zero attached hydrogens (tertiary/aromatic N) is 1. The fourth-order valence-corrected chi connectivity index (χ4v) is 2.00. The lowest BCUT2D eigenvalue weighted by molar-refractivity contribution is -0.139. The summed E-state index contributed by atoms with van der Waals surface area (Å²) in [5.74, 6) is -2.47. The molecular formula is C12H7Cl2NO5. The van der Waals surface area contributed by atoms with Gasteiger partial charge in [-0.15, -0.1) is 0 Å². The van der Waals surface area contributed by atoms with E-state index in [2.05, 4.69) is 4.98 Å². The molecular weight excluding hydrogens is 309 g/mol. The second-order valence-corrected chi connectivity index (χ2v) is 4.53. The van der Waals surface area contributed by atoms with Crippen LogP contribution in [0.3, 0.4) is 0 Å². The van der Waals surface area contributed by atoms with Gasteiger partial charge in [-0.05, 0) is 12.1 Å². The Hall–Kier alpha value is -2.05. The van der Waals surface area contributed by atoms with E-state index in [9.17, 15) is 9.59 Å². The Morgan fingerprint density at radius 2 is 1.95 bits per heavy atom. The topological polar surface area (TPSA) is 96.7 Å². The lowest BCUT2D eigenvalue weighted by atomic mass is 10.1. The van der Waals surface area contributed by atoms with E-state index >= 15 is 0 Å². The van der Waals surface area contributed by atoms with Crippen LogP contribution in [-0.4, -0.2) is 33.7 Å². The van der Waals surface area contributed by atoms with Crippen LogP contribution in [-0.2, 0) is 4.79 Å². The summed E-state index contributed by atoms with van der Waals surface area (Å²) in [5, 5.41) is 18.2. The first-order valence-electron chi connectivity index (χ1n) is 5.27. The number of aromatic carboxylic acids is 1. The zero-order valence-corrected chi connectivity index (χ0v) is 11.3. The third kappa shape index (κ3) is 2.76. The van der Waals surface area contributed by atoms with E-state index < -0.39 is 18.5 Å². The smallest absolute Gasteiger partial charge is 0.354 e. The Kier molecular flexibility index (Phi) is 3.96. The van der Waals surface area contributed by atoms with Gasteiger partial charge in [-0.2, -0.15) is 0 Å². The first kappa shape index (κ1) is 14.4. The molecule has 0 unspecified atom stereocenters. The molecule has 0 radical (unpaired) electrons. The van der Waals surface area contributed by atoms with Crippen LogP contribution in [0.25, 0.3) is 10.9 Å². The number of halogens is 2. The minimum Gasteiger partial charge on any atom is -0.481 e. The first-order valence-corrected chi connectivity index (χ1v) is 6.02. The maximum atomic E-state index is 11.0. The average Bonchev–Trinajstić information content (AvgIpc) is 2.39. The molecule has 2 N–H and O–H groups in total. The van der Waals surface area contributed by atoms with E-state index in [1.165, 1.54) is 12.1 Å². The molecule has 0 bridgehead atoms. The highest BCUT2D eigenvalue weighted by Crippen LogP contribution is 2.36. The molecule has 20 heavy (non-hydrogen) atoms. The number of rotatable bonds is 4. The Bertz CT molecular complexity index is 717. The predicted molar refractivity (Wildman–Crippen MR) is 71.9 cm³/mol. The van der Waals surface area contributed by atoms with Gasteiger partial charge in [-0.1, -0.05) is 23.2 Å². The summed E-state index contributed by atoms with van der Waals surface area (Å²) >= 11 is 11.9. The fraction of sp³-hybridized carbons (Fsp3) is 0.0833. The Morgan fingerprint density at radius 3 is 2.55 bits per heavy atom. The highest BCUT2D eigenvalue weighted by Gasteiger charge is 2.16. The van der Waals surface area contributed by atoms with Crippen molar-refractivity contribution in [3.05, 3.63) is 33.9 Å². The summed E-state index contributed by atoms with van der Waals surface area (Å²) in [6.07, 6.45) is 0. The van der Waals surface area contributed by atoms with Gasteiger partial charge in [0, 0.05) is 6.07 Å². The number of ether oxygens (including phenoxy) is 1. The number of carbonyl (C=O) groups is 2. The summed E-state index contributed by atoms with van der Waals surface area (Å²) in [6.45, 7) is -0.638. The van der Waals surface area contributed by atoms with E-state index in [1.807, 2.05) is 0 Å². The number of fused-ring (bicyclic) bond motifs is 1. The highest BCUT2D eigenvalue weighted by molar-refractivity contribution is 6.45. The second kappa shape index (κ2) is 5.52. The molecule has 1 heterocycles. The molecule has 0 spiro atoms. The van der Waals surface area contributed by atoms with Crippen LogP contribution in [0.1, 0.15) is 10.5 Å². The summed E-state index contributed by atoms with van der Waals surface area (Å²) in [6, 6.07) is 4.05. The summed E-state index contributed by atoms with van der Waals surface area (Å²) in [4.78, 5) is 25.5. The molecule has 2 rings (SSSR count). The molecule has 6 nitrogen and oxygen atoms in total. The lowest BCUT2D eigenvalue weighted by Gasteiger charge is -2.10. The van der Waals surface area contributed by atoms with Crippen LogP contribution < -0.4 is 4.74 Å². The van der Waals surface area contributed by atoms with Crippen molar-refractivity contribution >= 4 is 46.0 Å². The van der Waals surface area contributed by atoms with Gasteiger partial charge in [0.1, 0.15) is 5.75 Å². The molecule has 0 amide bonds. The zero-order chi connectivity index (χ0) is 14.9. The van der Waals surface area contributed by atoms with Gasteiger partial charge in [-0.25, -0.2) is 14.6 Å². The molecule has 1 aromatic heterocycles. The van der Waals surface area contributed by atoms with Gasteiger partial charge in [0.05, 0.1) is 20.9 Å². The van der Waals surface area contributed by atoms with Gasteiger partial charge < -0.3 is 14.9 Å². The van der Waals surface area contributed by atoms with Crippen LogP contribution >= 0.6 is 23.2 Å². The molecule has 8 heteroatoms. The largest absolute Gasteiger partial charge is 0.481 e. The zero-order valence-electron chi connectivity index (χ0n) is 9.76. The van der Waals surface area contributed by atoms with Crippen molar-refractivity contribution in [2.24, 2.45) is 0 Å². The van der Waals surface area contributed by atoms with Crippen LogP contribution in [0.15, 0.2) is 18.2 Å². The van der Waals surface area contributed by atoms with Crippen LogP contribution in [0.5, 0.6) is 5.75 Å². The molecule has 1 aromatic carbocycles. The summed E-state index contributed by atoms with van der Waals surface area (Å²) < 4.78 is 5.06. The third-order valence-electron chi connectivity index (χ3n) is 2.40. The van der Waals surface area contributed by atoms with Gasteiger partial charge in [0.25, 0.3) is 0 Å². The molecule has 0 aliphatic rings. The van der Waals surface area contributed by atoms with Gasteiger partial charge >= 0.3 is 11.9 Å². The quantitative estimate of drug-likeness (QED) is 0.900. The molecule has 104 valence electrons. The maximum absolute atomic E-state index is 11.0. The molecule has 2 aromatic rings. The molecule has 0 fully saturated rings. The van der Waals surface area contributed by atoms with Crippen LogP contribution in [0.4, 0.5) is 0 Å². The van der Waals surface area contributed by atoms with E-state index in [4.69, 9.17) is 38.2 Å².